The summed E-state index contributed by atoms with van der Waals surface area (Å²) < 4.78 is 17.6. The van der Waals surface area contributed by atoms with Gasteiger partial charge in [0.1, 0.15) is 17.1 Å². The Morgan fingerprint density at radius 3 is 2.58 bits per heavy atom. The minimum Gasteiger partial charge on any atom is -0.497 e. The summed E-state index contributed by atoms with van der Waals surface area (Å²) in [6.45, 7) is 0. The molecule has 11 heteroatoms. The molecule has 0 saturated carbocycles. The number of nitrogens with one attached hydrogen (secondary N) is 1. The van der Waals surface area contributed by atoms with Crippen LogP contribution in [0.25, 0.3) is 22.2 Å². The number of para-hydroxylation sites is 1. The lowest BCUT2D eigenvalue weighted by molar-refractivity contribution is 0.100. The molecular weight excluding hydrogens is 549 g/mol. The third-order valence-electron chi connectivity index (χ3n) is 5.62. The van der Waals surface area contributed by atoms with E-state index < -0.39 is 11.5 Å². The van der Waals surface area contributed by atoms with Crippen molar-refractivity contribution in [3.05, 3.63) is 103 Å². The highest BCUT2D eigenvalue weighted by Gasteiger charge is 2.19. The lowest BCUT2D eigenvalue weighted by Crippen LogP contribution is -2.32. The van der Waals surface area contributed by atoms with E-state index in [1.807, 2.05) is 12.1 Å². The number of carbonyl (C=O) groups is 1. The van der Waals surface area contributed by atoms with Gasteiger partial charge in [0.15, 0.2) is 0 Å². The molecule has 0 fully saturated rings. The van der Waals surface area contributed by atoms with Crippen LogP contribution in [0, 0.1) is 0 Å². The van der Waals surface area contributed by atoms with Crippen LogP contribution in [0.15, 0.2) is 86.3 Å². The third kappa shape index (κ3) is 5.04. The zero-order valence-corrected chi connectivity index (χ0v) is 22.4. The second kappa shape index (κ2) is 10.7. The highest BCUT2D eigenvalue weighted by molar-refractivity contribution is 7.07. The second-order valence-corrected chi connectivity index (χ2v) is 9.59. The molecule has 192 valence electrons. The fourth-order valence-corrected chi connectivity index (χ4v) is 4.89. The number of thiazole rings is 1. The summed E-state index contributed by atoms with van der Waals surface area (Å²) in [5.41, 5.74) is 4.12. The number of benzene rings is 3. The molecule has 5 aromatic rings. The van der Waals surface area contributed by atoms with Crippen LogP contribution in [-0.4, -0.2) is 24.8 Å². The zero-order valence-electron chi connectivity index (χ0n) is 20.0. The first-order valence-electron chi connectivity index (χ1n) is 11.1. The van der Waals surface area contributed by atoms with Gasteiger partial charge in [-0.15, -0.1) is 11.3 Å². The molecule has 8 nitrogen and oxygen atoms in total. The van der Waals surface area contributed by atoms with E-state index in [2.05, 4.69) is 10.4 Å². The number of carbonyl (C=O) groups excluding carboxylic acids is 1. The molecule has 0 atom stereocenters. The Morgan fingerprint density at radius 2 is 1.82 bits per heavy atom. The van der Waals surface area contributed by atoms with Crippen LogP contribution in [-0.2, 0) is 0 Å². The molecule has 2 aromatic heterocycles. The molecule has 2 heterocycles. The Morgan fingerprint density at radius 1 is 1.00 bits per heavy atom. The monoisotopic (exact) mass is 567 g/mol. The van der Waals surface area contributed by atoms with E-state index in [4.69, 9.17) is 37.1 Å². The average Bonchev–Trinajstić information content (AvgIpc) is 3.31. The molecule has 0 aliphatic rings. The Balaban J connectivity index is 1.67. The minimum atomic E-state index is -0.562. The average molecular weight is 568 g/mol. The zero-order chi connectivity index (χ0) is 26.8. The van der Waals surface area contributed by atoms with E-state index in [-0.39, 0.29) is 11.1 Å². The fraction of sp³-hybridized carbons (Fsp3) is 0.0741. The molecular formula is C27H19Cl2N3O5S. The molecule has 3 aromatic carbocycles. The van der Waals surface area contributed by atoms with Gasteiger partial charge in [-0.05, 0) is 42.5 Å². The summed E-state index contributed by atoms with van der Waals surface area (Å²) in [6, 6.07) is 18.6. The van der Waals surface area contributed by atoms with Gasteiger partial charge in [0.05, 0.1) is 46.8 Å². The lowest BCUT2D eigenvalue weighted by atomic mass is 10.1. The van der Waals surface area contributed by atoms with Crippen molar-refractivity contribution in [1.29, 1.82) is 0 Å². The van der Waals surface area contributed by atoms with Crippen LogP contribution in [0.2, 0.25) is 10.0 Å². The standard InChI is InChI=1S/C27H19Cl2N3O5S/c1-35-17-8-9-18(24(13-17)36-2)25(33)31-32-22(19-11-15-5-3-4-6-23(15)37-26(19)34)14-38-27(32)30-16-7-10-20(28)21(29)12-16/h3-14H,1-2H3,(H,31,33). The largest absolute Gasteiger partial charge is 0.497 e. The van der Waals surface area contributed by atoms with Crippen molar-refractivity contribution in [2.24, 2.45) is 4.99 Å². The van der Waals surface area contributed by atoms with Gasteiger partial charge in [0.25, 0.3) is 5.91 Å². The minimum absolute atomic E-state index is 0.248. The van der Waals surface area contributed by atoms with Gasteiger partial charge in [0.2, 0.25) is 4.80 Å². The van der Waals surface area contributed by atoms with Crippen molar-refractivity contribution < 1.29 is 18.7 Å². The summed E-state index contributed by atoms with van der Waals surface area (Å²) in [7, 11) is 2.98. The fourth-order valence-electron chi connectivity index (χ4n) is 3.74. The number of amides is 1. The number of nitrogens with zero attached hydrogens (tertiary/aromatic N) is 2. The maximum absolute atomic E-state index is 13.4. The molecule has 1 amide bonds. The van der Waals surface area contributed by atoms with Crippen molar-refractivity contribution in [3.8, 4) is 22.8 Å². The maximum Gasteiger partial charge on any atom is 0.345 e. The highest BCUT2D eigenvalue weighted by Crippen LogP contribution is 2.28. The van der Waals surface area contributed by atoms with Crippen LogP contribution < -0.4 is 25.3 Å². The number of fused-ring (bicyclic) bond motifs is 1. The van der Waals surface area contributed by atoms with Gasteiger partial charge in [0, 0.05) is 16.8 Å². The molecule has 0 radical (unpaired) electrons. The molecule has 0 spiro atoms. The molecule has 0 bridgehead atoms. The number of hydrogen-bond acceptors (Lipinski definition) is 7. The number of aromatic nitrogens is 1. The van der Waals surface area contributed by atoms with Crippen LogP contribution >= 0.6 is 34.5 Å². The summed E-state index contributed by atoms with van der Waals surface area (Å²) in [5, 5.41) is 3.16. The van der Waals surface area contributed by atoms with Crippen LogP contribution in [0.4, 0.5) is 5.69 Å². The number of rotatable bonds is 6. The van der Waals surface area contributed by atoms with Gasteiger partial charge in [-0.3, -0.25) is 10.2 Å². The van der Waals surface area contributed by atoms with E-state index in [0.717, 1.165) is 5.39 Å². The number of methoxy groups -OCH3 is 2. The maximum atomic E-state index is 13.4. The second-order valence-electron chi connectivity index (χ2n) is 7.94. The summed E-state index contributed by atoms with van der Waals surface area (Å²) in [4.78, 5) is 31.4. The first-order chi connectivity index (χ1) is 18.4. The lowest BCUT2D eigenvalue weighted by Gasteiger charge is -2.13. The smallest absolute Gasteiger partial charge is 0.345 e. The first-order valence-corrected chi connectivity index (χ1v) is 12.8. The SMILES string of the molecule is COc1ccc(C(=O)Nn2c(-c3cc4ccccc4oc3=O)csc2=Nc2ccc(Cl)c(Cl)c2)c(OC)c1. The van der Waals surface area contributed by atoms with E-state index in [0.29, 0.717) is 43.3 Å². The molecule has 0 saturated heterocycles. The van der Waals surface area contributed by atoms with Crippen molar-refractivity contribution in [3.63, 3.8) is 0 Å². The predicted octanol–water partition coefficient (Wildman–Crippen LogP) is 6.26. The number of ether oxygens (including phenoxy) is 2. The van der Waals surface area contributed by atoms with E-state index >= 15 is 0 Å². The van der Waals surface area contributed by atoms with Gasteiger partial charge < -0.3 is 13.9 Å². The third-order valence-corrected chi connectivity index (χ3v) is 7.18. The van der Waals surface area contributed by atoms with Gasteiger partial charge in [-0.25, -0.2) is 14.5 Å². The summed E-state index contributed by atoms with van der Waals surface area (Å²) in [6.07, 6.45) is 0. The Bertz CT molecular complexity index is 1810. The molecule has 0 aliphatic carbocycles. The summed E-state index contributed by atoms with van der Waals surface area (Å²) in [5.74, 6) is 0.351. The molecule has 0 unspecified atom stereocenters. The van der Waals surface area contributed by atoms with E-state index in [9.17, 15) is 9.59 Å². The molecule has 38 heavy (non-hydrogen) atoms. The van der Waals surface area contributed by atoms with Crippen molar-refractivity contribution in [2.75, 3.05) is 19.6 Å². The molecule has 1 N–H and O–H groups in total. The normalized spacial score (nSPS) is 11.5. The van der Waals surface area contributed by atoms with Crippen molar-refractivity contribution in [2.45, 2.75) is 0 Å². The van der Waals surface area contributed by atoms with E-state index in [1.165, 1.54) is 30.2 Å². The predicted molar refractivity (Wildman–Crippen MR) is 149 cm³/mol. The van der Waals surface area contributed by atoms with Crippen LogP contribution in [0.3, 0.4) is 0 Å². The van der Waals surface area contributed by atoms with Gasteiger partial charge in [-0.2, -0.15) is 0 Å². The van der Waals surface area contributed by atoms with Gasteiger partial charge in [-0.1, -0.05) is 41.4 Å². The highest BCUT2D eigenvalue weighted by atomic mass is 35.5. The van der Waals surface area contributed by atoms with Crippen molar-refractivity contribution in [1.82, 2.24) is 4.68 Å². The number of halogens is 2. The van der Waals surface area contributed by atoms with Crippen LogP contribution in [0.1, 0.15) is 10.4 Å². The molecule has 0 aliphatic heterocycles. The first kappa shape index (κ1) is 25.6. The summed E-state index contributed by atoms with van der Waals surface area (Å²) >= 11 is 13.4. The molecule has 5 rings (SSSR count). The van der Waals surface area contributed by atoms with Crippen molar-refractivity contribution >= 4 is 57.1 Å². The van der Waals surface area contributed by atoms with E-state index in [1.54, 1.807) is 60.0 Å². The van der Waals surface area contributed by atoms with Gasteiger partial charge >= 0.3 is 5.63 Å². The Kier molecular flexibility index (Phi) is 7.24. The Hall–Kier alpha value is -4.05. The topological polar surface area (TPSA) is 95.1 Å². The van der Waals surface area contributed by atoms with Crippen LogP contribution in [0.5, 0.6) is 11.5 Å². The number of hydrogen-bond donors (Lipinski definition) is 1. The quantitative estimate of drug-likeness (QED) is 0.244. The Labute approximate surface area is 230 Å².